The van der Waals surface area contributed by atoms with Gasteiger partial charge in [0.05, 0.1) is 11.0 Å². The molecule has 2 amide bonds. The summed E-state index contributed by atoms with van der Waals surface area (Å²) >= 11 is 0. The van der Waals surface area contributed by atoms with Gasteiger partial charge in [0, 0.05) is 6.42 Å². The molecule has 2 N–H and O–H groups in total. The molecule has 9 heteroatoms. The van der Waals surface area contributed by atoms with Gasteiger partial charge in [0.2, 0.25) is 11.9 Å². The summed E-state index contributed by atoms with van der Waals surface area (Å²) < 4.78 is 41.9. The quantitative estimate of drug-likeness (QED) is 0.886. The van der Waals surface area contributed by atoms with Crippen LogP contribution in [0, 0.1) is 0 Å². The summed E-state index contributed by atoms with van der Waals surface area (Å²) in [7, 11) is 0. The lowest BCUT2D eigenvalue weighted by Gasteiger charge is -2.31. The number of halogens is 3. The van der Waals surface area contributed by atoms with Gasteiger partial charge in [-0.2, -0.15) is 13.2 Å². The Morgan fingerprint density at radius 1 is 1.41 bits per heavy atom. The van der Waals surface area contributed by atoms with Crippen molar-refractivity contribution in [3.8, 4) is 0 Å². The van der Waals surface area contributed by atoms with Gasteiger partial charge < -0.3 is 5.32 Å². The van der Waals surface area contributed by atoms with Gasteiger partial charge in [0.15, 0.2) is 0 Å². The number of benzene rings is 1. The molecule has 2 aromatic rings. The third kappa shape index (κ3) is 1.71. The molecule has 0 saturated carbocycles. The average molecular weight is 312 g/mol. The van der Waals surface area contributed by atoms with Gasteiger partial charge in [-0.3, -0.25) is 19.5 Å². The summed E-state index contributed by atoms with van der Waals surface area (Å²) in [6.45, 7) is 1.40. The standard InChI is InChI=1S/C13H11F3N4O2/c1-2-9(21)19-12(13(14,15)16)10(22)18-11-17-7-5-3-4-6-8(7)20(11)12/h3-6H,2H2,1H3,(H,19,21)(H,17,18,22). The topological polar surface area (TPSA) is 76.0 Å². The number of imidazole rings is 1. The van der Waals surface area contributed by atoms with Crippen molar-refractivity contribution in [2.45, 2.75) is 25.2 Å². The zero-order valence-electron chi connectivity index (χ0n) is 11.4. The molecule has 6 nitrogen and oxygen atoms in total. The van der Waals surface area contributed by atoms with Crippen LogP contribution in [-0.4, -0.2) is 27.5 Å². The maximum Gasteiger partial charge on any atom is 0.440 e. The summed E-state index contributed by atoms with van der Waals surface area (Å²) in [6, 6.07) is 6.08. The van der Waals surface area contributed by atoms with Gasteiger partial charge in [-0.05, 0) is 12.1 Å². The Morgan fingerprint density at radius 3 is 2.73 bits per heavy atom. The van der Waals surface area contributed by atoms with Gasteiger partial charge >= 0.3 is 6.18 Å². The van der Waals surface area contributed by atoms with Crippen LogP contribution in [0.15, 0.2) is 24.3 Å². The SMILES string of the molecule is CCC(=O)NC1(C(F)(F)F)C(=O)Nc2nc3ccccc3n21. The molecule has 1 aromatic carbocycles. The van der Waals surface area contributed by atoms with E-state index in [1.54, 1.807) is 6.07 Å². The van der Waals surface area contributed by atoms with Crippen molar-refractivity contribution in [2.24, 2.45) is 0 Å². The highest BCUT2D eigenvalue weighted by atomic mass is 19.4. The first-order valence-corrected chi connectivity index (χ1v) is 6.48. The first kappa shape index (κ1) is 14.4. The molecule has 1 atom stereocenters. The van der Waals surface area contributed by atoms with Crippen LogP contribution in [0.3, 0.4) is 0 Å². The molecule has 0 radical (unpaired) electrons. The number of hydrogen-bond acceptors (Lipinski definition) is 3. The molecule has 0 saturated heterocycles. The van der Waals surface area contributed by atoms with E-state index in [1.807, 2.05) is 5.32 Å². The summed E-state index contributed by atoms with van der Waals surface area (Å²) in [6.07, 6.45) is -5.22. The number of para-hydroxylation sites is 2. The highest BCUT2D eigenvalue weighted by Gasteiger charge is 2.67. The zero-order valence-corrected chi connectivity index (χ0v) is 11.4. The van der Waals surface area contributed by atoms with Gasteiger partial charge in [-0.25, -0.2) is 4.98 Å². The number of nitrogens with zero attached hydrogens (tertiary/aromatic N) is 2. The lowest BCUT2D eigenvalue weighted by atomic mass is 10.1. The van der Waals surface area contributed by atoms with E-state index in [4.69, 9.17) is 0 Å². The minimum Gasteiger partial charge on any atom is -0.317 e. The fraction of sp³-hybridized carbons (Fsp3) is 0.308. The molecule has 116 valence electrons. The van der Waals surface area contributed by atoms with E-state index in [-0.39, 0.29) is 23.4 Å². The molecule has 1 aliphatic rings. The van der Waals surface area contributed by atoms with Crippen molar-refractivity contribution in [3.63, 3.8) is 0 Å². The molecule has 0 fully saturated rings. The molecule has 3 rings (SSSR count). The molecule has 2 heterocycles. The monoisotopic (exact) mass is 312 g/mol. The summed E-state index contributed by atoms with van der Waals surface area (Å²) in [4.78, 5) is 27.6. The number of nitrogens with one attached hydrogen (secondary N) is 2. The fourth-order valence-electron chi connectivity index (χ4n) is 2.47. The number of aromatic nitrogens is 2. The molecule has 0 aliphatic carbocycles. The first-order valence-electron chi connectivity index (χ1n) is 6.48. The summed E-state index contributed by atoms with van der Waals surface area (Å²) in [5, 5.41) is 3.91. The van der Waals surface area contributed by atoms with Gasteiger partial charge in [-0.15, -0.1) is 0 Å². The maximum absolute atomic E-state index is 13.7. The normalized spacial score (nSPS) is 20.8. The van der Waals surface area contributed by atoms with Crippen LogP contribution in [0.25, 0.3) is 11.0 Å². The number of fused-ring (bicyclic) bond motifs is 3. The van der Waals surface area contributed by atoms with E-state index in [2.05, 4.69) is 10.3 Å². The predicted octanol–water partition coefficient (Wildman–Crippen LogP) is 1.73. The summed E-state index contributed by atoms with van der Waals surface area (Å²) in [5.41, 5.74) is -2.80. The third-order valence-electron chi connectivity index (χ3n) is 3.50. The van der Waals surface area contributed by atoms with Crippen LogP contribution in [0.1, 0.15) is 13.3 Å². The van der Waals surface area contributed by atoms with Crippen molar-refractivity contribution >= 4 is 28.8 Å². The highest BCUT2D eigenvalue weighted by molar-refractivity contribution is 6.05. The van der Waals surface area contributed by atoms with E-state index < -0.39 is 23.7 Å². The van der Waals surface area contributed by atoms with E-state index in [0.717, 1.165) is 0 Å². The molecule has 1 aromatic heterocycles. The largest absolute Gasteiger partial charge is 0.440 e. The number of carbonyl (C=O) groups is 2. The van der Waals surface area contributed by atoms with Gasteiger partial charge in [-0.1, -0.05) is 19.1 Å². The van der Waals surface area contributed by atoms with Crippen LogP contribution < -0.4 is 10.6 Å². The minimum absolute atomic E-state index is 0.101. The van der Waals surface area contributed by atoms with Crippen LogP contribution in [-0.2, 0) is 15.3 Å². The smallest absolute Gasteiger partial charge is 0.317 e. The van der Waals surface area contributed by atoms with Crippen LogP contribution in [0.2, 0.25) is 0 Å². The Balaban J connectivity index is 2.32. The van der Waals surface area contributed by atoms with Crippen LogP contribution >= 0.6 is 0 Å². The number of anilines is 1. The molecule has 0 bridgehead atoms. The lowest BCUT2D eigenvalue weighted by molar-refractivity contribution is -0.217. The molecule has 1 unspecified atom stereocenters. The van der Waals surface area contributed by atoms with Gasteiger partial charge in [0.1, 0.15) is 0 Å². The van der Waals surface area contributed by atoms with Crippen molar-refractivity contribution < 1.29 is 22.8 Å². The molecular weight excluding hydrogens is 301 g/mol. The van der Waals surface area contributed by atoms with Crippen molar-refractivity contribution in [2.75, 3.05) is 5.32 Å². The second kappa shape index (κ2) is 4.46. The van der Waals surface area contributed by atoms with E-state index in [1.165, 1.54) is 25.1 Å². The average Bonchev–Trinajstić information content (AvgIpc) is 2.93. The van der Waals surface area contributed by atoms with Gasteiger partial charge in [0.25, 0.3) is 11.6 Å². The maximum atomic E-state index is 13.7. The number of alkyl halides is 3. The van der Waals surface area contributed by atoms with Crippen molar-refractivity contribution in [1.29, 1.82) is 0 Å². The second-order valence-electron chi connectivity index (χ2n) is 4.82. The summed E-state index contributed by atoms with van der Waals surface area (Å²) in [5.74, 6) is -2.52. The first-order chi connectivity index (χ1) is 10.3. The number of carbonyl (C=O) groups excluding carboxylic acids is 2. The van der Waals surface area contributed by atoms with E-state index >= 15 is 0 Å². The zero-order chi connectivity index (χ0) is 16.1. The number of amides is 2. The van der Waals surface area contributed by atoms with Crippen LogP contribution in [0.5, 0.6) is 0 Å². The molecule has 22 heavy (non-hydrogen) atoms. The number of rotatable bonds is 2. The lowest BCUT2D eigenvalue weighted by Crippen LogP contribution is -2.63. The van der Waals surface area contributed by atoms with E-state index in [9.17, 15) is 22.8 Å². The Labute approximate surface area is 122 Å². The van der Waals surface area contributed by atoms with E-state index in [0.29, 0.717) is 4.57 Å². The Kier molecular flexibility index (Phi) is 2.91. The minimum atomic E-state index is -5.03. The third-order valence-corrected chi connectivity index (χ3v) is 3.50. The highest BCUT2D eigenvalue weighted by Crippen LogP contribution is 2.43. The Morgan fingerprint density at radius 2 is 2.09 bits per heavy atom. The predicted molar refractivity (Wildman–Crippen MR) is 70.8 cm³/mol. The Hall–Kier alpha value is -2.58. The fourth-order valence-corrected chi connectivity index (χ4v) is 2.47. The Bertz CT molecular complexity index is 783. The number of hydrogen-bond donors (Lipinski definition) is 2. The second-order valence-corrected chi connectivity index (χ2v) is 4.82. The molecule has 1 aliphatic heterocycles. The van der Waals surface area contributed by atoms with Crippen molar-refractivity contribution in [3.05, 3.63) is 24.3 Å². The van der Waals surface area contributed by atoms with Crippen LogP contribution in [0.4, 0.5) is 19.1 Å². The van der Waals surface area contributed by atoms with Crippen molar-refractivity contribution in [1.82, 2.24) is 14.9 Å². The molecular formula is C13H11F3N4O2. The molecule has 0 spiro atoms.